The average molecular weight is 332 g/mol. The van der Waals surface area contributed by atoms with Gasteiger partial charge in [0.15, 0.2) is 0 Å². The highest BCUT2D eigenvalue weighted by Crippen LogP contribution is 2.25. The molecule has 7 heteroatoms. The molecule has 0 radical (unpaired) electrons. The summed E-state index contributed by atoms with van der Waals surface area (Å²) in [5.41, 5.74) is 1.39. The molecule has 0 aliphatic heterocycles. The van der Waals surface area contributed by atoms with Crippen molar-refractivity contribution in [3.05, 3.63) is 54.2 Å². The maximum absolute atomic E-state index is 11.9. The van der Waals surface area contributed by atoms with Crippen LogP contribution in [0, 0.1) is 0 Å². The Bertz CT molecular complexity index is 664. The summed E-state index contributed by atoms with van der Waals surface area (Å²) in [4.78, 5) is 26.6. The van der Waals surface area contributed by atoms with Gasteiger partial charge in [0, 0.05) is 11.9 Å². The van der Waals surface area contributed by atoms with Crippen LogP contribution in [0.5, 0.6) is 0 Å². The van der Waals surface area contributed by atoms with Crippen molar-refractivity contribution in [3.63, 3.8) is 0 Å². The van der Waals surface area contributed by atoms with Crippen LogP contribution in [0.3, 0.4) is 0 Å². The number of rotatable bonds is 7. The number of anilines is 1. The second-order valence-electron chi connectivity index (χ2n) is 4.54. The summed E-state index contributed by atoms with van der Waals surface area (Å²) in [6.07, 6.45) is 1.03. The first-order chi connectivity index (χ1) is 11.1. The molecule has 0 spiro atoms. The van der Waals surface area contributed by atoms with E-state index in [0.29, 0.717) is 16.5 Å². The molecule has 0 saturated heterocycles. The smallest absolute Gasteiger partial charge is 0.412 e. The van der Waals surface area contributed by atoms with Crippen LogP contribution in [0.1, 0.15) is 12.0 Å². The van der Waals surface area contributed by atoms with Crippen LogP contribution in [-0.2, 0) is 16.1 Å². The fraction of sp³-hybridized carbons (Fsp3) is 0.188. The number of hydrogen-bond acceptors (Lipinski definition) is 5. The summed E-state index contributed by atoms with van der Waals surface area (Å²) in [7, 11) is 0. The van der Waals surface area contributed by atoms with Crippen molar-refractivity contribution < 1.29 is 19.4 Å². The largest absolute Gasteiger partial charge is 0.481 e. The number of ether oxygens (including phenoxy) is 1. The molecule has 1 heterocycles. The maximum atomic E-state index is 11.9. The molecule has 1 amide bonds. The summed E-state index contributed by atoms with van der Waals surface area (Å²) in [5, 5.41) is 11.8. The quantitative estimate of drug-likeness (QED) is 0.756. The monoisotopic (exact) mass is 332 g/mol. The van der Waals surface area contributed by atoms with Crippen molar-refractivity contribution in [2.24, 2.45) is 0 Å². The Kier molecular flexibility index (Phi) is 6.43. The second-order valence-corrected chi connectivity index (χ2v) is 5.62. The number of carbonyl (C=O) groups excluding carboxylic acids is 1. The standard InChI is InChI=1S/C16H16N2O4S/c19-14(20)8-10-23-15-13(7-4-9-17-15)18-16(21)22-11-12-5-2-1-3-6-12/h1-7,9H,8,10-11H2,(H,18,21)(H,19,20). The Labute approximate surface area is 137 Å². The second kappa shape index (κ2) is 8.79. The zero-order valence-electron chi connectivity index (χ0n) is 12.3. The van der Waals surface area contributed by atoms with E-state index in [-0.39, 0.29) is 13.0 Å². The van der Waals surface area contributed by atoms with Gasteiger partial charge in [-0.1, -0.05) is 30.3 Å². The fourth-order valence-electron chi connectivity index (χ4n) is 1.71. The lowest BCUT2D eigenvalue weighted by Gasteiger charge is -2.10. The van der Waals surface area contributed by atoms with Crippen LogP contribution in [0.25, 0.3) is 0 Å². The number of pyridine rings is 1. The summed E-state index contributed by atoms with van der Waals surface area (Å²) >= 11 is 1.27. The minimum Gasteiger partial charge on any atom is -0.481 e. The highest BCUT2D eigenvalue weighted by molar-refractivity contribution is 7.99. The highest BCUT2D eigenvalue weighted by Gasteiger charge is 2.10. The van der Waals surface area contributed by atoms with Gasteiger partial charge in [0.2, 0.25) is 0 Å². The van der Waals surface area contributed by atoms with E-state index in [2.05, 4.69) is 10.3 Å². The van der Waals surface area contributed by atoms with Gasteiger partial charge in [-0.2, -0.15) is 0 Å². The summed E-state index contributed by atoms with van der Waals surface area (Å²) in [5.74, 6) is -0.495. The van der Waals surface area contributed by atoms with Gasteiger partial charge >= 0.3 is 12.1 Å². The molecule has 6 nitrogen and oxygen atoms in total. The van der Waals surface area contributed by atoms with E-state index in [0.717, 1.165) is 5.56 Å². The molecule has 0 unspecified atom stereocenters. The molecule has 0 aliphatic rings. The van der Waals surface area contributed by atoms with Crippen molar-refractivity contribution in [1.29, 1.82) is 0 Å². The molecule has 0 atom stereocenters. The normalized spacial score (nSPS) is 10.1. The number of nitrogens with zero attached hydrogens (tertiary/aromatic N) is 1. The maximum Gasteiger partial charge on any atom is 0.412 e. The molecular formula is C16H16N2O4S. The molecule has 2 aromatic rings. The number of thioether (sulfide) groups is 1. The van der Waals surface area contributed by atoms with Crippen molar-refractivity contribution in [3.8, 4) is 0 Å². The van der Waals surface area contributed by atoms with E-state index in [1.165, 1.54) is 11.8 Å². The van der Waals surface area contributed by atoms with Crippen LogP contribution in [-0.4, -0.2) is 27.9 Å². The molecule has 1 aromatic heterocycles. The van der Waals surface area contributed by atoms with Gasteiger partial charge in [-0.05, 0) is 17.7 Å². The zero-order chi connectivity index (χ0) is 16.5. The molecule has 0 fully saturated rings. The van der Waals surface area contributed by atoms with Gasteiger partial charge < -0.3 is 9.84 Å². The first-order valence-corrected chi connectivity index (χ1v) is 7.91. The van der Waals surface area contributed by atoms with Crippen LogP contribution < -0.4 is 5.32 Å². The molecule has 0 aliphatic carbocycles. The van der Waals surface area contributed by atoms with Gasteiger partial charge in [0.1, 0.15) is 11.6 Å². The van der Waals surface area contributed by atoms with Gasteiger partial charge in [0.25, 0.3) is 0 Å². The van der Waals surface area contributed by atoms with Crippen LogP contribution in [0.15, 0.2) is 53.7 Å². The number of benzene rings is 1. The fourth-order valence-corrected chi connectivity index (χ4v) is 2.59. The number of carbonyl (C=O) groups is 2. The van der Waals surface area contributed by atoms with Gasteiger partial charge in [0.05, 0.1) is 12.1 Å². The van der Waals surface area contributed by atoms with Gasteiger partial charge in [-0.15, -0.1) is 11.8 Å². The summed E-state index contributed by atoms with van der Waals surface area (Å²) < 4.78 is 5.15. The summed E-state index contributed by atoms with van der Waals surface area (Å²) in [6.45, 7) is 0.175. The van der Waals surface area contributed by atoms with Gasteiger partial charge in [-0.25, -0.2) is 9.78 Å². The Balaban J connectivity index is 1.88. The predicted molar refractivity (Wildman–Crippen MR) is 87.5 cm³/mol. The third-order valence-corrected chi connectivity index (χ3v) is 3.78. The Morgan fingerprint density at radius 2 is 1.96 bits per heavy atom. The van der Waals surface area contributed by atoms with E-state index < -0.39 is 12.1 Å². The molecule has 2 rings (SSSR count). The molecule has 0 bridgehead atoms. The highest BCUT2D eigenvalue weighted by atomic mass is 32.2. The van der Waals surface area contributed by atoms with Crippen molar-refractivity contribution in [2.75, 3.05) is 11.1 Å². The third-order valence-electron chi connectivity index (χ3n) is 2.78. The molecule has 1 aromatic carbocycles. The van der Waals surface area contributed by atoms with Crippen LogP contribution >= 0.6 is 11.8 Å². The van der Waals surface area contributed by atoms with Crippen LogP contribution in [0.4, 0.5) is 10.5 Å². The SMILES string of the molecule is O=C(O)CCSc1ncccc1NC(=O)OCc1ccccc1. The van der Waals surface area contributed by atoms with Crippen molar-refractivity contribution in [1.82, 2.24) is 4.98 Å². The molecular weight excluding hydrogens is 316 g/mol. The number of carboxylic acid groups (broad SMARTS) is 1. The lowest BCUT2D eigenvalue weighted by atomic mass is 10.2. The molecule has 120 valence electrons. The number of hydrogen-bond donors (Lipinski definition) is 2. The number of nitrogens with one attached hydrogen (secondary N) is 1. The molecule has 2 N–H and O–H groups in total. The number of amides is 1. The summed E-state index contributed by atoms with van der Waals surface area (Å²) in [6, 6.07) is 12.7. The lowest BCUT2D eigenvalue weighted by Crippen LogP contribution is -2.14. The van der Waals surface area contributed by atoms with Gasteiger partial charge in [-0.3, -0.25) is 10.1 Å². The first kappa shape index (κ1) is 16.8. The van der Waals surface area contributed by atoms with Crippen molar-refractivity contribution in [2.45, 2.75) is 18.1 Å². The van der Waals surface area contributed by atoms with E-state index in [1.54, 1.807) is 18.3 Å². The van der Waals surface area contributed by atoms with Crippen LogP contribution in [0.2, 0.25) is 0 Å². The molecule has 0 saturated carbocycles. The number of aromatic nitrogens is 1. The Morgan fingerprint density at radius 3 is 2.70 bits per heavy atom. The topological polar surface area (TPSA) is 88.5 Å². The van der Waals surface area contributed by atoms with Crippen molar-refractivity contribution >= 4 is 29.5 Å². The molecule has 23 heavy (non-hydrogen) atoms. The van der Waals surface area contributed by atoms with E-state index in [9.17, 15) is 9.59 Å². The minimum atomic E-state index is -0.870. The first-order valence-electron chi connectivity index (χ1n) is 6.92. The van der Waals surface area contributed by atoms with E-state index in [4.69, 9.17) is 9.84 Å². The number of aliphatic carboxylic acids is 1. The predicted octanol–water partition coefficient (Wildman–Crippen LogP) is 3.40. The zero-order valence-corrected chi connectivity index (χ0v) is 13.1. The Morgan fingerprint density at radius 1 is 1.17 bits per heavy atom. The number of carboxylic acids is 1. The Hall–Kier alpha value is -2.54. The average Bonchev–Trinajstić information content (AvgIpc) is 2.55. The van der Waals surface area contributed by atoms with E-state index >= 15 is 0 Å². The lowest BCUT2D eigenvalue weighted by molar-refractivity contribution is -0.136. The minimum absolute atomic E-state index is 0.0269. The van der Waals surface area contributed by atoms with E-state index in [1.807, 2.05) is 30.3 Å². The third kappa shape index (κ3) is 5.99.